The summed E-state index contributed by atoms with van der Waals surface area (Å²) in [6.45, 7) is 4.46. The van der Waals surface area contributed by atoms with Gasteiger partial charge in [0.05, 0.1) is 0 Å². The maximum atomic E-state index is 8.67. The third-order valence-electron chi connectivity index (χ3n) is 1.92. The Hall–Kier alpha value is -1.82. The standard InChI is InChI=1S/C11H13N2O/c1-3-9(2)8-14-11-7-5-4-6-10(11)13-12/h3-7H,8H2,1-2H3/q+1/b9-3+. The molecular weight excluding hydrogens is 176 g/mol. The van der Waals surface area contributed by atoms with Gasteiger partial charge in [-0.05, 0) is 25.5 Å². The van der Waals surface area contributed by atoms with Crippen molar-refractivity contribution >= 4 is 5.69 Å². The zero-order valence-electron chi connectivity index (χ0n) is 8.40. The molecule has 0 amide bonds. The van der Waals surface area contributed by atoms with Crippen molar-refractivity contribution in [3.8, 4) is 5.75 Å². The predicted molar refractivity (Wildman–Crippen MR) is 56.1 cm³/mol. The van der Waals surface area contributed by atoms with E-state index < -0.39 is 0 Å². The Balaban J connectivity index is 2.73. The van der Waals surface area contributed by atoms with E-state index in [-0.39, 0.29) is 0 Å². The number of nitrogens with zero attached hydrogens (tertiary/aromatic N) is 2. The van der Waals surface area contributed by atoms with Crippen LogP contribution in [0, 0.1) is 5.39 Å². The van der Waals surface area contributed by atoms with E-state index in [4.69, 9.17) is 10.1 Å². The predicted octanol–water partition coefficient (Wildman–Crippen LogP) is 3.52. The first-order valence-corrected chi connectivity index (χ1v) is 4.46. The Kier molecular flexibility index (Phi) is 3.69. The molecule has 14 heavy (non-hydrogen) atoms. The number of ether oxygens (including phenoxy) is 1. The summed E-state index contributed by atoms with van der Waals surface area (Å²) < 4.78 is 5.46. The second-order valence-corrected chi connectivity index (χ2v) is 2.99. The summed E-state index contributed by atoms with van der Waals surface area (Å²) in [5.41, 5.74) is 1.59. The highest BCUT2D eigenvalue weighted by atomic mass is 16.5. The number of rotatable bonds is 3. The molecule has 1 aromatic carbocycles. The van der Waals surface area contributed by atoms with Gasteiger partial charge in [0.2, 0.25) is 11.1 Å². The van der Waals surface area contributed by atoms with Crippen LogP contribution in [0.4, 0.5) is 5.69 Å². The number of hydrogen-bond acceptors (Lipinski definition) is 2. The topological polar surface area (TPSA) is 37.4 Å². The summed E-state index contributed by atoms with van der Waals surface area (Å²) >= 11 is 0. The lowest BCUT2D eigenvalue weighted by atomic mass is 10.3. The third-order valence-corrected chi connectivity index (χ3v) is 1.92. The molecule has 0 aromatic heterocycles. The summed E-state index contributed by atoms with van der Waals surface area (Å²) in [5.74, 6) is 0.594. The molecule has 0 atom stereocenters. The van der Waals surface area contributed by atoms with E-state index in [1.54, 1.807) is 18.2 Å². The number of para-hydroxylation sites is 1. The van der Waals surface area contributed by atoms with Crippen molar-refractivity contribution in [2.75, 3.05) is 6.61 Å². The van der Waals surface area contributed by atoms with Crippen LogP contribution in [0.15, 0.2) is 35.9 Å². The Morgan fingerprint density at radius 2 is 2.21 bits per heavy atom. The molecule has 1 aromatic rings. The van der Waals surface area contributed by atoms with Crippen LogP contribution in [0.5, 0.6) is 5.75 Å². The molecule has 0 heterocycles. The quantitative estimate of drug-likeness (QED) is 0.539. The van der Waals surface area contributed by atoms with Gasteiger partial charge in [0.15, 0.2) is 4.98 Å². The summed E-state index contributed by atoms with van der Waals surface area (Å²) in [4.78, 5) is 3.13. The molecule has 3 heteroatoms. The van der Waals surface area contributed by atoms with E-state index in [9.17, 15) is 0 Å². The first kappa shape index (κ1) is 10.3. The van der Waals surface area contributed by atoms with E-state index in [1.165, 1.54) is 0 Å². The fourth-order valence-electron chi connectivity index (χ4n) is 0.937. The molecule has 1 rings (SSSR count). The first-order valence-electron chi connectivity index (χ1n) is 4.46. The monoisotopic (exact) mass is 189 g/mol. The molecule has 0 aliphatic heterocycles. The SMILES string of the molecule is C/C=C(\C)COc1ccccc1[N+]#N. The van der Waals surface area contributed by atoms with E-state index in [1.807, 2.05) is 26.0 Å². The lowest BCUT2D eigenvalue weighted by Crippen LogP contribution is -1.98. The minimum absolute atomic E-state index is 0.455. The number of allylic oxidation sites excluding steroid dienone is 1. The van der Waals surface area contributed by atoms with Crippen molar-refractivity contribution in [2.24, 2.45) is 0 Å². The van der Waals surface area contributed by atoms with Crippen LogP contribution in [0.1, 0.15) is 13.8 Å². The average Bonchev–Trinajstić information content (AvgIpc) is 2.26. The Morgan fingerprint density at radius 3 is 2.86 bits per heavy atom. The maximum Gasteiger partial charge on any atom is 0.426 e. The Labute approximate surface area is 83.6 Å². The van der Waals surface area contributed by atoms with Crippen molar-refractivity contribution in [3.63, 3.8) is 0 Å². The van der Waals surface area contributed by atoms with Gasteiger partial charge in [-0.3, -0.25) is 0 Å². The fourth-order valence-corrected chi connectivity index (χ4v) is 0.937. The summed E-state index contributed by atoms with van der Waals surface area (Å²) in [6.07, 6.45) is 1.98. The molecule has 3 nitrogen and oxygen atoms in total. The van der Waals surface area contributed by atoms with Crippen LogP contribution in [-0.4, -0.2) is 6.61 Å². The summed E-state index contributed by atoms with van der Waals surface area (Å²) in [5, 5.41) is 8.67. The van der Waals surface area contributed by atoms with E-state index in [0.717, 1.165) is 5.57 Å². The molecule has 0 aliphatic rings. The first-order chi connectivity index (χ1) is 6.77. The highest BCUT2D eigenvalue weighted by Gasteiger charge is 2.12. The summed E-state index contributed by atoms with van der Waals surface area (Å²) in [6, 6.07) is 7.11. The lowest BCUT2D eigenvalue weighted by molar-refractivity contribution is 0.354. The minimum atomic E-state index is 0.455. The smallest absolute Gasteiger partial charge is 0.426 e. The van der Waals surface area contributed by atoms with Crippen molar-refractivity contribution in [2.45, 2.75) is 13.8 Å². The van der Waals surface area contributed by atoms with Gasteiger partial charge < -0.3 is 4.74 Å². The van der Waals surface area contributed by atoms with Crippen LogP contribution < -0.4 is 4.74 Å². The number of diazo groups is 1. The highest BCUT2D eigenvalue weighted by molar-refractivity contribution is 5.56. The van der Waals surface area contributed by atoms with Gasteiger partial charge in [-0.25, -0.2) is 0 Å². The molecule has 0 unspecified atom stereocenters. The molecule has 0 aliphatic carbocycles. The molecule has 0 saturated heterocycles. The van der Waals surface area contributed by atoms with Crippen molar-refractivity contribution in [1.82, 2.24) is 0 Å². The maximum absolute atomic E-state index is 8.67. The molecule has 0 bridgehead atoms. The fraction of sp³-hybridized carbons (Fsp3) is 0.273. The second kappa shape index (κ2) is 5.03. The summed E-state index contributed by atoms with van der Waals surface area (Å²) in [7, 11) is 0. The van der Waals surface area contributed by atoms with Gasteiger partial charge >= 0.3 is 5.69 Å². The average molecular weight is 189 g/mol. The molecule has 0 radical (unpaired) electrons. The van der Waals surface area contributed by atoms with Crippen molar-refractivity contribution in [3.05, 3.63) is 40.9 Å². The van der Waals surface area contributed by atoms with E-state index in [0.29, 0.717) is 18.0 Å². The molecule has 0 spiro atoms. The molecule has 72 valence electrons. The number of hydrogen-bond donors (Lipinski definition) is 0. The molecule has 0 saturated carbocycles. The Bertz CT molecular complexity index is 377. The van der Waals surface area contributed by atoms with Gasteiger partial charge in [0, 0.05) is 6.07 Å². The molecular formula is C11H13N2O+. The van der Waals surface area contributed by atoms with E-state index in [2.05, 4.69) is 4.98 Å². The van der Waals surface area contributed by atoms with E-state index >= 15 is 0 Å². The second-order valence-electron chi connectivity index (χ2n) is 2.99. The van der Waals surface area contributed by atoms with Crippen molar-refractivity contribution in [1.29, 1.82) is 5.39 Å². The van der Waals surface area contributed by atoms with Gasteiger partial charge in [-0.15, -0.1) is 0 Å². The normalized spacial score (nSPS) is 10.8. The zero-order chi connectivity index (χ0) is 10.4. The highest BCUT2D eigenvalue weighted by Crippen LogP contribution is 2.26. The van der Waals surface area contributed by atoms with Gasteiger partial charge in [0.1, 0.15) is 6.61 Å². The third kappa shape index (κ3) is 2.60. The van der Waals surface area contributed by atoms with Gasteiger partial charge in [-0.2, -0.15) is 0 Å². The lowest BCUT2D eigenvalue weighted by Gasteiger charge is -2.02. The van der Waals surface area contributed by atoms with Crippen molar-refractivity contribution < 1.29 is 4.74 Å². The Morgan fingerprint density at radius 1 is 1.50 bits per heavy atom. The number of benzene rings is 1. The van der Waals surface area contributed by atoms with Crippen LogP contribution in [-0.2, 0) is 0 Å². The zero-order valence-corrected chi connectivity index (χ0v) is 8.40. The van der Waals surface area contributed by atoms with Crippen LogP contribution in [0.2, 0.25) is 0 Å². The van der Waals surface area contributed by atoms with Gasteiger partial charge in [-0.1, -0.05) is 18.2 Å². The molecule has 0 fully saturated rings. The molecule has 0 N–H and O–H groups in total. The van der Waals surface area contributed by atoms with Gasteiger partial charge in [0.25, 0.3) is 0 Å². The van der Waals surface area contributed by atoms with Crippen LogP contribution >= 0.6 is 0 Å². The largest absolute Gasteiger partial charge is 0.481 e. The minimum Gasteiger partial charge on any atom is -0.481 e. The van der Waals surface area contributed by atoms with Crippen LogP contribution in [0.3, 0.4) is 0 Å². The van der Waals surface area contributed by atoms with Crippen LogP contribution in [0.25, 0.3) is 4.98 Å².